The molecule has 1 aliphatic heterocycles. The molecular formula is C20H23NO3. The van der Waals surface area contributed by atoms with Crippen molar-refractivity contribution in [3.63, 3.8) is 0 Å². The van der Waals surface area contributed by atoms with Gasteiger partial charge in [-0.15, -0.1) is 0 Å². The average molecular weight is 325 g/mol. The van der Waals surface area contributed by atoms with Crippen molar-refractivity contribution in [1.82, 2.24) is 0 Å². The van der Waals surface area contributed by atoms with E-state index in [-0.39, 0.29) is 11.9 Å². The maximum absolute atomic E-state index is 12.9. The first-order valence-electron chi connectivity index (χ1n) is 8.92. The lowest BCUT2D eigenvalue weighted by molar-refractivity contribution is -0.114. The second kappa shape index (κ2) is 6.08. The molecule has 0 radical (unpaired) electrons. The second-order valence-electron chi connectivity index (χ2n) is 7.08. The first-order valence-corrected chi connectivity index (χ1v) is 8.92. The number of benzene rings is 1. The van der Waals surface area contributed by atoms with Crippen LogP contribution in [0.3, 0.4) is 0 Å². The Bertz CT molecular complexity index is 700. The summed E-state index contributed by atoms with van der Waals surface area (Å²) >= 11 is 0. The van der Waals surface area contributed by atoms with Crippen LogP contribution in [-0.2, 0) is 16.0 Å². The smallest absolute Gasteiger partial charge is 0.338 e. The standard InChI is InChI=1S/C20H23NO3/c1-24-20(23)16-4-2-6-18-15(16)5-3-11-21(18)19(22)12-17(13-7-8-13)14-9-10-14/h2,4,6,12-14H,3,5,7-11H2,1H3. The molecule has 0 N–H and O–H groups in total. The monoisotopic (exact) mass is 325 g/mol. The van der Waals surface area contributed by atoms with Crippen molar-refractivity contribution in [2.45, 2.75) is 38.5 Å². The van der Waals surface area contributed by atoms with Gasteiger partial charge in [-0.1, -0.05) is 11.6 Å². The fourth-order valence-corrected chi connectivity index (χ4v) is 3.78. The molecule has 1 aromatic rings. The van der Waals surface area contributed by atoms with E-state index in [2.05, 4.69) is 0 Å². The molecule has 24 heavy (non-hydrogen) atoms. The summed E-state index contributed by atoms with van der Waals surface area (Å²) in [6, 6.07) is 5.57. The van der Waals surface area contributed by atoms with Crippen LogP contribution < -0.4 is 4.90 Å². The molecule has 2 fully saturated rings. The predicted octanol–water partition coefficient (Wildman–Crippen LogP) is 3.50. The Morgan fingerprint density at radius 3 is 2.50 bits per heavy atom. The van der Waals surface area contributed by atoms with Crippen molar-refractivity contribution in [3.05, 3.63) is 41.0 Å². The van der Waals surface area contributed by atoms with Crippen molar-refractivity contribution in [1.29, 1.82) is 0 Å². The van der Waals surface area contributed by atoms with E-state index in [0.717, 1.165) is 30.6 Å². The lowest BCUT2D eigenvalue weighted by atomic mass is 9.95. The van der Waals surface area contributed by atoms with Crippen LogP contribution in [0.4, 0.5) is 5.69 Å². The van der Waals surface area contributed by atoms with E-state index in [4.69, 9.17) is 4.74 Å². The minimum Gasteiger partial charge on any atom is -0.465 e. The number of esters is 1. The number of amides is 1. The van der Waals surface area contributed by atoms with Crippen molar-refractivity contribution < 1.29 is 14.3 Å². The van der Waals surface area contributed by atoms with Crippen LogP contribution >= 0.6 is 0 Å². The van der Waals surface area contributed by atoms with Gasteiger partial charge in [0.2, 0.25) is 0 Å². The molecule has 4 heteroatoms. The molecule has 4 rings (SSSR count). The molecule has 0 saturated heterocycles. The lowest BCUT2D eigenvalue weighted by Gasteiger charge is -2.30. The predicted molar refractivity (Wildman–Crippen MR) is 92.0 cm³/mol. The van der Waals surface area contributed by atoms with Crippen LogP contribution in [0.5, 0.6) is 0 Å². The third-order valence-electron chi connectivity index (χ3n) is 5.31. The molecule has 0 aromatic heterocycles. The number of hydrogen-bond acceptors (Lipinski definition) is 3. The van der Waals surface area contributed by atoms with Gasteiger partial charge in [0.1, 0.15) is 0 Å². The number of anilines is 1. The Balaban J connectivity index is 1.65. The van der Waals surface area contributed by atoms with Gasteiger partial charge in [-0.2, -0.15) is 0 Å². The largest absolute Gasteiger partial charge is 0.465 e. The number of ether oxygens (including phenoxy) is 1. The molecule has 0 atom stereocenters. The topological polar surface area (TPSA) is 46.6 Å². The Labute approximate surface area is 142 Å². The molecule has 126 valence electrons. The van der Waals surface area contributed by atoms with Gasteiger partial charge in [0.15, 0.2) is 0 Å². The maximum atomic E-state index is 12.9. The van der Waals surface area contributed by atoms with E-state index in [1.807, 2.05) is 23.1 Å². The number of fused-ring (bicyclic) bond motifs is 1. The van der Waals surface area contributed by atoms with Crippen LogP contribution in [0.25, 0.3) is 0 Å². The molecule has 4 nitrogen and oxygen atoms in total. The van der Waals surface area contributed by atoms with E-state index in [9.17, 15) is 9.59 Å². The molecule has 2 aliphatic carbocycles. The molecule has 0 unspecified atom stereocenters. The third kappa shape index (κ3) is 2.85. The minimum atomic E-state index is -0.326. The maximum Gasteiger partial charge on any atom is 0.338 e. The van der Waals surface area contributed by atoms with Gasteiger partial charge in [0.25, 0.3) is 5.91 Å². The summed E-state index contributed by atoms with van der Waals surface area (Å²) in [4.78, 5) is 26.8. The number of nitrogens with zero attached hydrogens (tertiary/aromatic N) is 1. The summed E-state index contributed by atoms with van der Waals surface area (Å²) in [5.74, 6) is 1.04. The molecule has 3 aliphatic rings. The van der Waals surface area contributed by atoms with Crippen molar-refractivity contribution in [3.8, 4) is 0 Å². The highest BCUT2D eigenvalue weighted by Gasteiger charge is 2.37. The van der Waals surface area contributed by atoms with Gasteiger partial charge >= 0.3 is 5.97 Å². The van der Waals surface area contributed by atoms with Crippen molar-refractivity contribution in [2.24, 2.45) is 11.8 Å². The van der Waals surface area contributed by atoms with Crippen LogP contribution in [0.15, 0.2) is 29.8 Å². The third-order valence-corrected chi connectivity index (χ3v) is 5.31. The summed E-state index contributed by atoms with van der Waals surface area (Å²) in [5.41, 5.74) is 3.77. The number of carbonyl (C=O) groups excluding carboxylic acids is 2. The summed E-state index contributed by atoms with van der Waals surface area (Å²) in [5, 5.41) is 0. The van der Waals surface area contributed by atoms with Crippen LogP contribution in [0.1, 0.15) is 48.0 Å². The number of methoxy groups -OCH3 is 1. The Kier molecular flexibility index (Phi) is 3.91. The fourth-order valence-electron chi connectivity index (χ4n) is 3.78. The van der Waals surface area contributed by atoms with Gasteiger partial charge in [-0.25, -0.2) is 4.79 Å². The Hall–Kier alpha value is -2.10. The highest BCUT2D eigenvalue weighted by Crippen LogP contribution is 2.48. The molecule has 1 heterocycles. The molecule has 1 amide bonds. The number of hydrogen-bond donors (Lipinski definition) is 0. The van der Waals surface area contributed by atoms with E-state index in [1.165, 1.54) is 38.4 Å². The Morgan fingerprint density at radius 1 is 1.17 bits per heavy atom. The number of allylic oxidation sites excluding steroid dienone is 1. The lowest BCUT2D eigenvalue weighted by Crippen LogP contribution is -2.35. The normalized spacial score (nSPS) is 19.5. The highest BCUT2D eigenvalue weighted by molar-refractivity contribution is 6.04. The van der Waals surface area contributed by atoms with E-state index in [0.29, 0.717) is 17.4 Å². The zero-order chi connectivity index (χ0) is 16.7. The van der Waals surface area contributed by atoms with E-state index >= 15 is 0 Å². The minimum absolute atomic E-state index is 0.0757. The fraction of sp³-hybridized carbons (Fsp3) is 0.500. The first kappa shape index (κ1) is 15.4. The van der Waals surface area contributed by atoms with Gasteiger partial charge in [-0.3, -0.25) is 4.79 Å². The van der Waals surface area contributed by atoms with Gasteiger partial charge in [0.05, 0.1) is 12.7 Å². The van der Waals surface area contributed by atoms with Gasteiger partial charge < -0.3 is 9.64 Å². The van der Waals surface area contributed by atoms with E-state index in [1.54, 1.807) is 6.07 Å². The summed E-state index contributed by atoms with van der Waals surface area (Å²) in [6.45, 7) is 0.718. The molecule has 2 saturated carbocycles. The highest BCUT2D eigenvalue weighted by atomic mass is 16.5. The zero-order valence-electron chi connectivity index (χ0n) is 14.1. The van der Waals surface area contributed by atoms with Crippen LogP contribution in [0.2, 0.25) is 0 Å². The number of rotatable bonds is 4. The number of carbonyl (C=O) groups is 2. The van der Waals surface area contributed by atoms with Crippen molar-refractivity contribution in [2.75, 3.05) is 18.6 Å². The summed E-state index contributed by atoms with van der Waals surface area (Å²) in [7, 11) is 1.40. The second-order valence-corrected chi connectivity index (χ2v) is 7.08. The SMILES string of the molecule is COC(=O)c1cccc2c1CCCN2C(=O)C=C(C1CC1)C1CC1. The van der Waals surface area contributed by atoms with E-state index < -0.39 is 0 Å². The molecule has 1 aromatic carbocycles. The Morgan fingerprint density at radius 2 is 1.88 bits per heavy atom. The van der Waals surface area contributed by atoms with Crippen LogP contribution in [-0.4, -0.2) is 25.5 Å². The first-order chi connectivity index (χ1) is 11.7. The van der Waals surface area contributed by atoms with Crippen LogP contribution in [0, 0.1) is 11.8 Å². The molecular weight excluding hydrogens is 302 g/mol. The zero-order valence-corrected chi connectivity index (χ0v) is 14.1. The quantitative estimate of drug-likeness (QED) is 0.629. The molecule has 0 spiro atoms. The van der Waals surface area contributed by atoms with Crippen molar-refractivity contribution >= 4 is 17.6 Å². The average Bonchev–Trinajstić information content (AvgIpc) is 3.50. The van der Waals surface area contributed by atoms with Gasteiger partial charge in [-0.05, 0) is 68.1 Å². The van der Waals surface area contributed by atoms with Gasteiger partial charge in [0, 0.05) is 18.3 Å². The summed E-state index contributed by atoms with van der Waals surface area (Å²) < 4.78 is 4.89. The molecule has 0 bridgehead atoms. The summed E-state index contributed by atoms with van der Waals surface area (Å²) in [6.07, 6.45) is 8.53.